The van der Waals surface area contributed by atoms with E-state index in [1.54, 1.807) is 6.33 Å². The first-order chi connectivity index (χ1) is 13.8. The first kappa shape index (κ1) is 17.2. The summed E-state index contributed by atoms with van der Waals surface area (Å²) >= 11 is 0. The van der Waals surface area contributed by atoms with Crippen molar-refractivity contribution in [2.24, 2.45) is 5.92 Å². The number of piperazine rings is 1. The molecule has 2 aromatic heterocycles. The van der Waals surface area contributed by atoms with Crippen molar-refractivity contribution in [3.05, 3.63) is 42.5 Å². The fraction of sp³-hybridized carbons (Fsp3) is 0.429. The standard InChI is InChI=1S/C21H24N6O/c1-15-6-7-22-21(25-15)27-10-8-26(9-11-27)17-4-5-19-18(12-17)20(24-14-23-19)28-13-16-2-3-16/h4-7,12,14,16H,2-3,8-11,13H2,1H3. The predicted octanol–water partition coefficient (Wildman–Crippen LogP) is 2.84. The van der Waals surface area contributed by atoms with Gasteiger partial charge >= 0.3 is 0 Å². The molecule has 1 saturated carbocycles. The maximum absolute atomic E-state index is 5.98. The number of benzene rings is 1. The van der Waals surface area contributed by atoms with Crippen molar-refractivity contribution in [1.29, 1.82) is 0 Å². The van der Waals surface area contributed by atoms with Gasteiger partial charge in [0.2, 0.25) is 11.8 Å². The first-order valence-corrected chi connectivity index (χ1v) is 9.93. The van der Waals surface area contributed by atoms with Crippen molar-refractivity contribution >= 4 is 22.5 Å². The van der Waals surface area contributed by atoms with Gasteiger partial charge < -0.3 is 14.5 Å². The topological polar surface area (TPSA) is 67.3 Å². The van der Waals surface area contributed by atoms with E-state index in [1.807, 2.05) is 19.2 Å². The van der Waals surface area contributed by atoms with Crippen LogP contribution < -0.4 is 14.5 Å². The largest absolute Gasteiger partial charge is 0.477 e. The van der Waals surface area contributed by atoms with Gasteiger partial charge in [-0.3, -0.25) is 0 Å². The molecule has 1 aliphatic heterocycles. The molecule has 2 fully saturated rings. The lowest BCUT2D eigenvalue weighted by molar-refractivity contribution is 0.292. The van der Waals surface area contributed by atoms with Gasteiger partial charge in [-0.15, -0.1) is 0 Å². The number of aromatic nitrogens is 4. The minimum Gasteiger partial charge on any atom is -0.477 e. The zero-order valence-electron chi connectivity index (χ0n) is 16.1. The molecule has 1 aliphatic carbocycles. The van der Waals surface area contributed by atoms with E-state index in [1.165, 1.54) is 18.5 Å². The maximum atomic E-state index is 5.98. The van der Waals surface area contributed by atoms with Crippen molar-refractivity contribution < 1.29 is 4.74 Å². The van der Waals surface area contributed by atoms with Crippen LogP contribution in [0.2, 0.25) is 0 Å². The third-order valence-electron chi connectivity index (χ3n) is 5.44. The van der Waals surface area contributed by atoms with Crippen LogP contribution in [0.25, 0.3) is 10.9 Å². The Balaban J connectivity index is 1.32. The Kier molecular flexibility index (Phi) is 4.43. The van der Waals surface area contributed by atoms with E-state index in [-0.39, 0.29) is 0 Å². The molecular formula is C21H24N6O. The molecule has 0 unspecified atom stereocenters. The number of aryl methyl sites for hydroxylation is 1. The molecule has 0 amide bonds. The van der Waals surface area contributed by atoms with Crippen LogP contribution in [0.15, 0.2) is 36.8 Å². The van der Waals surface area contributed by atoms with Gasteiger partial charge in [0.1, 0.15) is 6.33 Å². The van der Waals surface area contributed by atoms with Gasteiger partial charge in [0.05, 0.1) is 17.5 Å². The Bertz CT molecular complexity index is 982. The van der Waals surface area contributed by atoms with Crippen molar-refractivity contribution in [2.45, 2.75) is 19.8 Å². The second kappa shape index (κ2) is 7.22. The molecule has 1 saturated heterocycles. The average Bonchev–Trinajstić information content (AvgIpc) is 3.56. The van der Waals surface area contributed by atoms with Crippen LogP contribution in [-0.2, 0) is 0 Å². The van der Waals surface area contributed by atoms with E-state index in [0.29, 0.717) is 11.8 Å². The molecule has 0 atom stereocenters. The van der Waals surface area contributed by atoms with Crippen LogP contribution in [0, 0.1) is 12.8 Å². The lowest BCUT2D eigenvalue weighted by atomic mass is 10.2. The molecule has 5 rings (SSSR count). The quantitative estimate of drug-likeness (QED) is 0.678. The summed E-state index contributed by atoms with van der Waals surface area (Å²) in [5, 5.41) is 0.991. The first-order valence-electron chi connectivity index (χ1n) is 9.93. The van der Waals surface area contributed by atoms with Crippen LogP contribution in [0.5, 0.6) is 5.88 Å². The van der Waals surface area contributed by atoms with Crippen LogP contribution in [0.1, 0.15) is 18.5 Å². The van der Waals surface area contributed by atoms with Gasteiger partial charge in [-0.05, 0) is 49.9 Å². The highest BCUT2D eigenvalue weighted by atomic mass is 16.5. The number of rotatable bonds is 5. The third kappa shape index (κ3) is 3.56. The molecule has 0 bridgehead atoms. The molecule has 0 N–H and O–H groups in total. The Labute approximate surface area is 164 Å². The highest BCUT2D eigenvalue weighted by Gasteiger charge is 2.23. The van der Waals surface area contributed by atoms with E-state index in [4.69, 9.17) is 4.74 Å². The van der Waals surface area contributed by atoms with E-state index in [0.717, 1.165) is 55.3 Å². The molecule has 3 heterocycles. The number of ether oxygens (including phenoxy) is 1. The molecule has 0 radical (unpaired) electrons. The third-order valence-corrected chi connectivity index (χ3v) is 5.44. The molecule has 2 aliphatic rings. The lowest BCUT2D eigenvalue weighted by Crippen LogP contribution is -2.47. The van der Waals surface area contributed by atoms with Gasteiger partial charge in [0.15, 0.2) is 0 Å². The van der Waals surface area contributed by atoms with Crippen molar-refractivity contribution in [3.8, 4) is 5.88 Å². The van der Waals surface area contributed by atoms with Crippen LogP contribution in [0.3, 0.4) is 0 Å². The normalized spacial score (nSPS) is 17.2. The van der Waals surface area contributed by atoms with Crippen molar-refractivity contribution in [3.63, 3.8) is 0 Å². The molecule has 1 aromatic carbocycles. The summed E-state index contributed by atoms with van der Waals surface area (Å²) in [4.78, 5) is 22.4. The maximum Gasteiger partial charge on any atom is 0.225 e. The minimum atomic E-state index is 0.699. The average molecular weight is 376 g/mol. The summed E-state index contributed by atoms with van der Waals surface area (Å²) < 4.78 is 5.98. The van der Waals surface area contributed by atoms with Gasteiger partial charge in [-0.2, -0.15) is 0 Å². The number of nitrogens with zero attached hydrogens (tertiary/aromatic N) is 6. The fourth-order valence-corrected chi connectivity index (χ4v) is 3.57. The number of fused-ring (bicyclic) bond motifs is 1. The molecule has 7 heteroatoms. The van der Waals surface area contributed by atoms with E-state index >= 15 is 0 Å². The molecule has 28 heavy (non-hydrogen) atoms. The van der Waals surface area contributed by atoms with Crippen LogP contribution >= 0.6 is 0 Å². The second-order valence-corrected chi connectivity index (χ2v) is 7.61. The van der Waals surface area contributed by atoms with E-state index in [9.17, 15) is 0 Å². The lowest BCUT2D eigenvalue weighted by Gasteiger charge is -2.36. The Morgan fingerprint density at radius 2 is 1.82 bits per heavy atom. The molecule has 3 aromatic rings. The zero-order valence-corrected chi connectivity index (χ0v) is 16.1. The zero-order chi connectivity index (χ0) is 18.9. The van der Waals surface area contributed by atoms with Gasteiger partial charge in [-0.1, -0.05) is 0 Å². The summed E-state index contributed by atoms with van der Waals surface area (Å²) in [5.41, 5.74) is 3.11. The Morgan fingerprint density at radius 3 is 2.61 bits per heavy atom. The summed E-state index contributed by atoms with van der Waals surface area (Å²) in [7, 11) is 0. The van der Waals surface area contributed by atoms with Gasteiger partial charge in [0, 0.05) is 43.8 Å². The van der Waals surface area contributed by atoms with Crippen LogP contribution in [-0.4, -0.2) is 52.7 Å². The van der Waals surface area contributed by atoms with Crippen molar-refractivity contribution in [1.82, 2.24) is 19.9 Å². The van der Waals surface area contributed by atoms with Gasteiger partial charge in [0.25, 0.3) is 0 Å². The monoisotopic (exact) mass is 376 g/mol. The summed E-state index contributed by atoms with van der Waals surface area (Å²) in [6, 6.07) is 8.29. The number of hydrogen-bond acceptors (Lipinski definition) is 7. The van der Waals surface area contributed by atoms with Gasteiger partial charge in [-0.25, -0.2) is 19.9 Å². The fourth-order valence-electron chi connectivity index (χ4n) is 3.57. The second-order valence-electron chi connectivity index (χ2n) is 7.61. The Morgan fingerprint density at radius 1 is 1.00 bits per heavy atom. The molecule has 7 nitrogen and oxygen atoms in total. The summed E-state index contributed by atoms with van der Waals surface area (Å²) in [6.07, 6.45) is 5.95. The Hall–Kier alpha value is -2.96. The summed E-state index contributed by atoms with van der Waals surface area (Å²) in [5.74, 6) is 2.22. The predicted molar refractivity (Wildman–Crippen MR) is 109 cm³/mol. The van der Waals surface area contributed by atoms with E-state index in [2.05, 4.69) is 47.9 Å². The highest BCUT2D eigenvalue weighted by molar-refractivity contribution is 5.86. The van der Waals surface area contributed by atoms with Crippen LogP contribution in [0.4, 0.5) is 11.6 Å². The minimum absolute atomic E-state index is 0.699. The molecule has 144 valence electrons. The number of anilines is 2. The molecular weight excluding hydrogens is 352 g/mol. The SMILES string of the molecule is Cc1ccnc(N2CCN(c3ccc4ncnc(OCC5CC5)c4c3)CC2)n1. The smallest absolute Gasteiger partial charge is 0.225 e. The van der Waals surface area contributed by atoms with E-state index < -0.39 is 0 Å². The summed E-state index contributed by atoms with van der Waals surface area (Å²) in [6.45, 7) is 6.41. The highest BCUT2D eigenvalue weighted by Crippen LogP contribution is 2.32. The number of hydrogen-bond donors (Lipinski definition) is 0. The molecule has 0 spiro atoms. The van der Waals surface area contributed by atoms with Crippen molar-refractivity contribution in [2.75, 3.05) is 42.6 Å².